The van der Waals surface area contributed by atoms with Crippen molar-refractivity contribution in [2.45, 2.75) is 58.9 Å². The van der Waals surface area contributed by atoms with Gasteiger partial charge in [0.05, 0.1) is 48.8 Å². The van der Waals surface area contributed by atoms with Crippen LogP contribution in [0.3, 0.4) is 0 Å². The Balaban J connectivity index is 0.758. The van der Waals surface area contributed by atoms with Gasteiger partial charge in [-0.05, 0) is 114 Å². The fraction of sp³-hybridized carbons (Fsp3) is 0.295. The zero-order valence-electron chi connectivity index (χ0n) is 46.1. The van der Waals surface area contributed by atoms with E-state index >= 15 is 0 Å². The average molecular weight is 1150 g/mol. The molecule has 0 bridgehead atoms. The van der Waals surface area contributed by atoms with Crippen LogP contribution in [0.2, 0.25) is 0 Å². The van der Waals surface area contributed by atoms with Crippen molar-refractivity contribution in [3.8, 4) is 45.5 Å². The summed E-state index contributed by atoms with van der Waals surface area (Å²) in [5.41, 5.74) is 6.89. The molecule has 0 radical (unpaired) electrons. The van der Waals surface area contributed by atoms with Crippen LogP contribution in [-0.4, -0.2) is 114 Å². The summed E-state index contributed by atoms with van der Waals surface area (Å²) in [6.45, 7) is 5.85. The maximum Gasteiger partial charge on any atom is 0.407 e. The number of nitrogens with one attached hydrogen (secondary N) is 2. The minimum absolute atomic E-state index is 0.0108. The van der Waals surface area contributed by atoms with Gasteiger partial charge in [-0.3, -0.25) is 14.2 Å². The first-order valence-corrected chi connectivity index (χ1v) is 28.9. The Morgan fingerprint density at radius 1 is 0.687 bits per heavy atom. The summed E-state index contributed by atoms with van der Waals surface area (Å²) in [6, 6.07) is 42.1. The molecule has 0 aliphatic carbocycles. The third-order valence-electron chi connectivity index (χ3n) is 12.7. The number of alkyl carbamates (subject to hydrolysis) is 1. The standard InChI is InChI=1S/C61H65N6O15P/c1-41(2)35-42-13-21-50(22-14-42)81-59(71)44-17-25-48(26-18-44)77-34-32-67-58-52-10-5-4-9-46(52)36-66(54-12-7-6-11-53(54)57(58)64-65-67)56(70)29-31-62-55(69)40-78-49-27-19-45(20-28-49)60(72)82-51-23-15-43(16-24-51)37-79-61(73)63-30-8-33-76-38-47(68)39-80-83(3,74)75/h4-7,9-28,41,47,68H,8,29-40H2,1-3H3,(H,62,69)(H,63,73)(H,74,75). The predicted octanol–water partition coefficient (Wildman–Crippen LogP) is 8.59. The van der Waals surface area contributed by atoms with Crippen LogP contribution >= 0.6 is 7.60 Å². The number of aliphatic hydroxyl groups excluding tert-OH is 1. The van der Waals surface area contributed by atoms with Gasteiger partial charge in [-0.2, -0.15) is 0 Å². The monoisotopic (exact) mass is 1150 g/mol. The normalized spacial score (nSPS) is 12.7. The number of hydrogen-bond acceptors (Lipinski definition) is 16. The molecule has 8 rings (SSSR count). The highest BCUT2D eigenvalue weighted by Gasteiger charge is 2.29. The van der Waals surface area contributed by atoms with E-state index in [1.54, 1.807) is 70.2 Å². The van der Waals surface area contributed by atoms with Crippen LogP contribution in [0, 0.1) is 5.92 Å². The smallest absolute Gasteiger partial charge is 0.407 e. The molecule has 434 valence electrons. The van der Waals surface area contributed by atoms with Crippen molar-refractivity contribution in [1.82, 2.24) is 25.6 Å². The molecule has 22 heteroatoms. The van der Waals surface area contributed by atoms with Crippen molar-refractivity contribution in [3.63, 3.8) is 0 Å². The maximum absolute atomic E-state index is 14.1. The van der Waals surface area contributed by atoms with E-state index in [1.807, 2.05) is 60.7 Å². The lowest BCUT2D eigenvalue weighted by molar-refractivity contribution is -0.123. The third kappa shape index (κ3) is 18.1. The number of anilines is 1. The van der Waals surface area contributed by atoms with Gasteiger partial charge in [0.1, 0.15) is 48.0 Å². The fourth-order valence-corrected chi connectivity index (χ4v) is 9.12. The molecule has 0 saturated carbocycles. The molecule has 1 aliphatic heterocycles. The minimum atomic E-state index is -3.69. The number of ether oxygens (including phenoxy) is 6. The molecule has 1 aliphatic rings. The Hall–Kier alpha value is -8.72. The molecule has 2 unspecified atom stereocenters. The Labute approximate surface area is 479 Å². The van der Waals surface area contributed by atoms with Gasteiger partial charge in [-0.1, -0.05) is 85.8 Å². The molecule has 83 heavy (non-hydrogen) atoms. The summed E-state index contributed by atoms with van der Waals surface area (Å²) < 4.78 is 51.0. The van der Waals surface area contributed by atoms with Gasteiger partial charge in [0.25, 0.3) is 5.91 Å². The van der Waals surface area contributed by atoms with E-state index in [4.69, 9.17) is 33.3 Å². The number of para-hydroxylation sites is 1. The average Bonchev–Trinajstić information content (AvgIpc) is 3.02. The van der Waals surface area contributed by atoms with Crippen molar-refractivity contribution in [1.29, 1.82) is 0 Å². The first-order valence-electron chi connectivity index (χ1n) is 26.9. The predicted molar refractivity (Wildman–Crippen MR) is 306 cm³/mol. The molecule has 2 heterocycles. The number of aliphatic hydroxyl groups is 1. The van der Waals surface area contributed by atoms with Crippen LogP contribution < -0.4 is 34.5 Å². The number of rotatable bonds is 27. The van der Waals surface area contributed by atoms with E-state index in [9.17, 15) is 33.6 Å². The number of aromatic nitrogens is 3. The largest absolute Gasteiger partial charge is 0.492 e. The lowest BCUT2D eigenvalue weighted by atomic mass is 9.95. The van der Waals surface area contributed by atoms with Gasteiger partial charge < -0.3 is 58.5 Å². The zero-order valence-corrected chi connectivity index (χ0v) is 47.0. The molecule has 0 fully saturated rings. The number of carbonyl (C=O) groups is 5. The second-order valence-corrected chi connectivity index (χ2v) is 21.7. The van der Waals surface area contributed by atoms with Gasteiger partial charge >= 0.3 is 25.6 Å². The SMILES string of the molecule is CC(C)Cc1ccc(OC(=O)c2ccc(OCCn3nnc4c3-c3ccccc3CN(C(=O)CCNC(=O)COc3ccc(C(=O)Oc5ccc(COC(=O)NCCCOCC(O)COP(C)(=O)O)cc5)cc3)c3ccccc3-4)cc2)cc1. The first-order chi connectivity index (χ1) is 40.0. The van der Waals surface area contributed by atoms with Gasteiger partial charge in [-0.25, -0.2) is 19.1 Å². The quantitative estimate of drug-likeness (QED) is 0.0162. The maximum atomic E-state index is 14.1. The molecule has 0 spiro atoms. The van der Waals surface area contributed by atoms with E-state index < -0.39 is 37.6 Å². The van der Waals surface area contributed by atoms with Crippen LogP contribution in [0.4, 0.5) is 10.5 Å². The van der Waals surface area contributed by atoms with Crippen molar-refractivity contribution in [3.05, 3.63) is 173 Å². The lowest BCUT2D eigenvalue weighted by Gasteiger charge is -2.28. The molecular weight excluding hydrogens is 1090 g/mol. The summed E-state index contributed by atoms with van der Waals surface area (Å²) in [5, 5.41) is 24.3. The van der Waals surface area contributed by atoms with E-state index in [-0.39, 0.29) is 82.9 Å². The second-order valence-electron chi connectivity index (χ2n) is 19.8. The van der Waals surface area contributed by atoms with Crippen molar-refractivity contribution >= 4 is 43.1 Å². The fourth-order valence-electron chi connectivity index (χ4n) is 8.67. The van der Waals surface area contributed by atoms with E-state index in [0.717, 1.165) is 29.9 Å². The molecular formula is C61H65N6O15P. The summed E-state index contributed by atoms with van der Waals surface area (Å²) in [6.07, 6.45) is -0.354. The molecule has 3 amide bonds. The molecule has 21 nitrogen and oxygen atoms in total. The van der Waals surface area contributed by atoms with Gasteiger partial charge in [0.2, 0.25) is 5.91 Å². The molecule has 4 N–H and O–H groups in total. The van der Waals surface area contributed by atoms with Gasteiger partial charge in [0, 0.05) is 43.9 Å². The first kappa shape index (κ1) is 60.4. The molecule has 7 aromatic rings. The van der Waals surface area contributed by atoms with Crippen LogP contribution in [-0.2, 0) is 54.3 Å². The van der Waals surface area contributed by atoms with Crippen LogP contribution in [0.1, 0.15) is 64.1 Å². The lowest BCUT2D eigenvalue weighted by Crippen LogP contribution is -2.36. The van der Waals surface area contributed by atoms with Gasteiger partial charge in [-0.15, -0.1) is 5.10 Å². The van der Waals surface area contributed by atoms with E-state index in [0.29, 0.717) is 64.2 Å². The number of esters is 2. The molecule has 1 aromatic heterocycles. The van der Waals surface area contributed by atoms with Crippen molar-refractivity contribution in [2.75, 3.05) is 57.7 Å². The Kier molecular flexibility index (Phi) is 21.3. The van der Waals surface area contributed by atoms with Crippen LogP contribution in [0.5, 0.6) is 23.0 Å². The van der Waals surface area contributed by atoms with Crippen molar-refractivity contribution in [2.24, 2.45) is 5.92 Å². The molecule has 6 aromatic carbocycles. The number of fused-ring (bicyclic) bond motifs is 5. The number of benzene rings is 6. The Morgan fingerprint density at radius 3 is 1.94 bits per heavy atom. The van der Waals surface area contributed by atoms with Crippen molar-refractivity contribution < 1.29 is 71.5 Å². The topological polar surface area (TPSA) is 265 Å². The molecule has 0 saturated heterocycles. The Bertz CT molecular complexity index is 3370. The van der Waals surface area contributed by atoms with Gasteiger partial charge in [0.15, 0.2) is 6.61 Å². The van der Waals surface area contributed by atoms with E-state index in [1.165, 1.54) is 29.8 Å². The summed E-state index contributed by atoms with van der Waals surface area (Å²) in [5.74, 6) is 0.385. The second kappa shape index (κ2) is 29.3. The minimum Gasteiger partial charge on any atom is -0.492 e. The number of carbonyl (C=O) groups excluding carboxylic acids is 5. The number of amides is 3. The summed E-state index contributed by atoms with van der Waals surface area (Å²) in [4.78, 5) is 75.8. The van der Waals surface area contributed by atoms with Crippen LogP contribution in [0.25, 0.3) is 22.5 Å². The Morgan fingerprint density at radius 2 is 1.29 bits per heavy atom. The third-order valence-corrected chi connectivity index (χ3v) is 13.3. The highest BCUT2D eigenvalue weighted by Crippen LogP contribution is 2.41. The molecule has 2 atom stereocenters. The highest BCUT2D eigenvalue weighted by molar-refractivity contribution is 7.51. The zero-order chi connectivity index (χ0) is 58.7. The summed E-state index contributed by atoms with van der Waals surface area (Å²) in [7, 11) is -3.69. The summed E-state index contributed by atoms with van der Waals surface area (Å²) >= 11 is 0. The number of nitrogens with zero attached hydrogens (tertiary/aromatic N) is 4. The van der Waals surface area contributed by atoms with E-state index in [2.05, 4.69) is 39.3 Å². The van der Waals surface area contributed by atoms with Crippen LogP contribution in [0.15, 0.2) is 146 Å². The highest BCUT2D eigenvalue weighted by atomic mass is 31.2. The number of hydrogen-bond donors (Lipinski definition) is 4.